The standard InChI is InChI=1S/C8H6INO4/c1-4(11)6-2-5(12)3-7(8(6)9)10(13)14/h2-3,12H,1H3. The van der Waals surface area contributed by atoms with Gasteiger partial charge >= 0.3 is 0 Å². The number of nitro benzene ring substituents is 1. The first kappa shape index (κ1) is 10.9. The Morgan fingerprint density at radius 3 is 2.57 bits per heavy atom. The first-order valence-electron chi connectivity index (χ1n) is 3.61. The van der Waals surface area contributed by atoms with Crippen molar-refractivity contribution in [2.45, 2.75) is 6.92 Å². The van der Waals surface area contributed by atoms with E-state index < -0.39 is 4.92 Å². The van der Waals surface area contributed by atoms with Gasteiger partial charge in [-0.25, -0.2) is 0 Å². The average molecular weight is 307 g/mol. The zero-order valence-electron chi connectivity index (χ0n) is 7.15. The Hall–Kier alpha value is -1.18. The predicted molar refractivity (Wildman–Crippen MR) is 57.5 cm³/mol. The van der Waals surface area contributed by atoms with Gasteiger partial charge in [0.25, 0.3) is 5.69 Å². The van der Waals surface area contributed by atoms with E-state index in [9.17, 15) is 14.9 Å². The zero-order valence-corrected chi connectivity index (χ0v) is 9.31. The molecule has 0 atom stereocenters. The second-order valence-electron chi connectivity index (χ2n) is 2.64. The van der Waals surface area contributed by atoms with Gasteiger partial charge in [-0.1, -0.05) is 0 Å². The van der Waals surface area contributed by atoms with E-state index >= 15 is 0 Å². The number of nitro groups is 1. The van der Waals surface area contributed by atoms with Crippen LogP contribution < -0.4 is 0 Å². The van der Waals surface area contributed by atoms with E-state index in [1.807, 2.05) is 0 Å². The zero-order chi connectivity index (χ0) is 10.9. The number of aromatic hydroxyl groups is 1. The lowest BCUT2D eigenvalue weighted by Gasteiger charge is -2.02. The minimum absolute atomic E-state index is 0.164. The van der Waals surface area contributed by atoms with Gasteiger partial charge in [-0.15, -0.1) is 0 Å². The second-order valence-corrected chi connectivity index (χ2v) is 3.72. The maximum absolute atomic E-state index is 11.1. The monoisotopic (exact) mass is 307 g/mol. The molecule has 0 aliphatic carbocycles. The molecule has 0 amide bonds. The summed E-state index contributed by atoms with van der Waals surface area (Å²) in [6.45, 7) is 1.29. The number of carbonyl (C=O) groups excluding carboxylic acids is 1. The largest absolute Gasteiger partial charge is 0.508 e. The average Bonchev–Trinajstić information content (AvgIpc) is 2.07. The number of hydrogen-bond donors (Lipinski definition) is 1. The highest BCUT2D eigenvalue weighted by molar-refractivity contribution is 14.1. The molecule has 0 saturated carbocycles. The first-order valence-corrected chi connectivity index (χ1v) is 4.69. The number of phenolic OH excluding ortho intramolecular Hbond substituents is 1. The molecule has 0 heterocycles. The molecule has 0 aromatic heterocycles. The summed E-state index contributed by atoms with van der Waals surface area (Å²) in [5.41, 5.74) is -0.0897. The molecule has 0 saturated heterocycles. The number of ketones is 1. The van der Waals surface area contributed by atoms with Crippen LogP contribution in [0.2, 0.25) is 0 Å². The molecule has 6 heteroatoms. The molecule has 1 rings (SSSR count). The number of halogens is 1. The Labute approximate surface area is 93.0 Å². The normalized spacial score (nSPS) is 9.86. The highest BCUT2D eigenvalue weighted by Gasteiger charge is 2.19. The number of Topliss-reactive ketones (excluding diaryl/α,β-unsaturated/α-hetero) is 1. The van der Waals surface area contributed by atoms with E-state index in [1.54, 1.807) is 22.6 Å². The van der Waals surface area contributed by atoms with Crippen LogP contribution in [0.3, 0.4) is 0 Å². The third kappa shape index (κ3) is 2.00. The summed E-state index contributed by atoms with van der Waals surface area (Å²) in [5, 5.41) is 19.7. The summed E-state index contributed by atoms with van der Waals surface area (Å²) in [7, 11) is 0. The van der Waals surface area contributed by atoms with Gasteiger partial charge in [-0.2, -0.15) is 0 Å². The smallest absolute Gasteiger partial charge is 0.287 e. The van der Waals surface area contributed by atoms with Crippen molar-refractivity contribution in [1.29, 1.82) is 0 Å². The lowest BCUT2D eigenvalue weighted by molar-refractivity contribution is -0.385. The van der Waals surface area contributed by atoms with Crippen LogP contribution >= 0.6 is 22.6 Å². The van der Waals surface area contributed by atoms with Crippen molar-refractivity contribution < 1.29 is 14.8 Å². The summed E-state index contributed by atoms with van der Waals surface area (Å²) >= 11 is 1.71. The lowest BCUT2D eigenvalue weighted by atomic mass is 10.1. The van der Waals surface area contributed by atoms with Gasteiger partial charge in [0.05, 0.1) is 11.0 Å². The molecule has 1 aromatic rings. The van der Waals surface area contributed by atoms with Gasteiger partial charge < -0.3 is 5.11 Å². The summed E-state index contributed by atoms with van der Waals surface area (Å²) in [4.78, 5) is 21.0. The second kappa shape index (κ2) is 3.91. The van der Waals surface area contributed by atoms with E-state index in [0.29, 0.717) is 0 Å². The van der Waals surface area contributed by atoms with Crippen LogP contribution in [0.4, 0.5) is 5.69 Å². The maximum Gasteiger partial charge on any atom is 0.287 e. The molecular formula is C8H6INO4. The summed E-state index contributed by atoms with van der Waals surface area (Å²) in [6, 6.07) is 2.24. The molecule has 5 nitrogen and oxygen atoms in total. The minimum Gasteiger partial charge on any atom is -0.508 e. The van der Waals surface area contributed by atoms with Gasteiger partial charge in [0.1, 0.15) is 9.32 Å². The Balaban J connectivity index is 3.47. The SMILES string of the molecule is CC(=O)c1cc(O)cc([N+](=O)[O-])c1I. The predicted octanol–water partition coefficient (Wildman–Crippen LogP) is 2.11. The molecule has 1 aromatic carbocycles. The van der Waals surface area contributed by atoms with Crippen molar-refractivity contribution >= 4 is 34.1 Å². The van der Waals surface area contributed by atoms with Gasteiger partial charge in [-0.05, 0) is 35.6 Å². The summed E-state index contributed by atoms with van der Waals surface area (Å²) in [5.74, 6) is -0.587. The van der Waals surface area contributed by atoms with Crippen LogP contribution in [-0.2, 0) is 0 Å². The molecule has 0 unspecified atom stereocenters. The minimum atomic E-state index is -0.631. The van der Waals surface area contributed by atoms with Gasteiger partial charge in [0, 0.05) is 5.56 Å². The fraction of sp³-hybridized carbons (Fsp3) is 0.125. The third-order valence-electron chi connectivity index (χ3n) is 1.61. The lowest BCUT2D eigenvalue weighted by Crippen LogP contribution is -2.00. The Bertz CT molecular complexity index is 381. The van der Waals surface area contributed by atoms with Crippen molar-refractivity contribution in [2.24, 2.45) is 0 Å². The molecule has 0 aliphatic rings. The Morgan fingerprint density at radius 2 is 2.14 bits per heavy atom. The molecule has 0 radical (unpaired) electrons. The van der Waals surface area contributed by atoms with Crippen LogP contribution in [0.1, 0.15) is 17.3 Å². The summed E-state index contributed by atoms with van der Waals surface area (Å²) < 4.78 is 0.248. The fourth-order valence-corrected chi connectivity index (χ4v) is 1.87. The van der Waals surface area contributed by atoms with Crippen LogP contribution in [0.25, 0.3) is 0 Å². The highest BCUT2D eigenvalue weighted by atomic mass is 127. The maximum atomic E-state index is 11.1. The molecule has 0 fully saturated rings. The van der Waals surface area contributed by atoms with Gasteiger partial charge in [0.15, 0.2) is 5.78 Å². The molecule has 0 bridgehead atoms. The van der Waals surface area contributed by atoms with Crippen LogP contribution in [0.5, 0.6) is 5.75 Å². The van der Waals surface area contributed by atoms with Crippen LogP contribution in [0, 0.1) is 13.7 Å². The van der Waals surface area contributed by atoms with Crippen molar-refractivity contribution in [2.75, 3.05) is 0 Å². The Kier molecular flexibility index (Phi) is 3.04. The van der Waals surface area contributed by atoms with Gasteiger partial charge in [0.2, 0.25) is 0 Å². The first-order chi connectivity index (χ1) is 6.43. The topological polar surface area (TPSA) is 80.4 Å². The fourth-order valence-electron chi connectivity index (χ4n) is 0.983. The number of benzene rings is 1. The molecule has 14 heavy (non-hydrogen) atoms. The van der Waals surface area contributed by atoms with Crippen molar-refractivity contribution in [1.82, 2.24) is 0 Å². The van der Waals surface area contributed by atoms with Crippen LogP contribution in [0.15, 0.2) is 12.1 Å². The molecule has 0 spiro atoms. The number of carbonyl (C=O) groups is 1. The van der Waals surface area contributed by atoms with Crippen molar-refractivity contribution in [3.63, 3.8) is 0 Å². The molecule has 74 valence electrons. The number of rotatable bonds is 2. The number of nitrogens with zero attached hydrogens (tertiary/aromatic N) is 1. The van der Waals surface area contributed by atoms with Crippen molar-refractivity contribution in [3.05, 3.63) is 31.4 Å². The summed E-state index contributed by atoms with van der Waals surface area (Å²) in [6.07, 6.45) is 0. The van der Waals surface area contributed by atoms with Gasteiger partial charge in [-0.3, -0.25) is 14.9 Å². The van der Waals surface area contributed by atoms with Crippen LogP contribution in [-0.4, -0.2) is 15.8 Å². The quantitative estimate of drug-likeness (QED) is 0.393. The Morgan fingerprint density at radius 1 is 1.57 bits per heavy atom. The van der Waals surface area contributed by atoms with E-state index in [-0.39, 0.29) is 26.4 Å². The van der Waals surface area contributed by atoms with E-state index in [2.05, 4.69) is 0 Å². The van der Waals surface area contributed by atoms with E-state index in [1.165, 1.54) is 13.0 Å². The highest BCUT2D eigenvalue weighted by Crippen LogP contribution is 2.29. The molecular weight excluding hydrogens is 301 g/mol. The van der Waals surface area contributed by atoms with E-state index in [4.69, 9.17) is 5.11 Å². The number of phenols is 1. The third-order valence-corrected chi connectivity index (χ3v) is 2.75. The van der Waals surface area contributed by atoms with Crippen molar-refractivity contribution in [3.8, 4) is 5.75 Å². The van der Waals surface area contributed by atoms with E-state index in [0.717, 1.165) is 6.07 Å². The molecule has 0 aliphatic heterocycles. The molecule has 1 N–H and O–H groups in total. The number of hydrogen-bond acceptors (Lipinski definition) is 4.